The Morgan fingerprint density at radius 1 is 1.42 bits per heavy atom. The minimum absolute atomic E-state index is 0.172. The highest BCUT2D eigenvalue weighted by Crippen LogP contribution is 2.25. The number of ether oxygens (including phenoxy) is 1. The molecule has 0 atom stereocenters. The quantitative estimate of drug-likeness (QED) is 0.408. The van der Waals surface area contributed by atoms with Gasteiger partial charge in [-0.2, -0.15) is 4.98 Å². The third-order valence-corrected chi connectivity index (χ3v) is 3.04. The molecule has 6 nitrogen and oxygen atoms in total. The van der Waals surface area contributed by atoms with Crippen LogP contribution in [-0.2, 0) is 4.74 Å². The Morgan fingerprint density at radius 2 is 2.26 bits per heavy atom. The average Bonchev–Trinajstić information content (AvgIpc) is 2.85. The summed E-state index contributed by atoms with van der Waals surface area (Å²) >= 11 is 1.46. The van der Waals surface area contributed by atoms with Crippen molar-refractivity contribution in [2.24, 2.45) is 5.84 Å². The van der Waals surface area contributed by atoms with E-state index in [-0.39, 0.29) is 6.61 Å². The zero-order valence-corrected chi connectivity index (χ0v) is 10.7. The van der Waals surface area contributed by atoms with E-state index < -0.39 is 13.0 Å². The van der Waals surface area contributed by atoms with Crippen molar-refractivity contribution in [3.63, 3.8) is 0 Å². The van der Waals surface area contributed by atoms with Crippen LogP contribution in [0.15, 0.2) is 11.4 Å². The predicted molar refractivity (Wildman–Crippen MR) is 70.5 cm³/mol. The van der Waals surface area contributed by atoms with Crippen molar-refractivity contribution in [2.75, 3.05) is 30.5 Å². The van der Waals surface area contributed by atoms with Crippen molar-refractivity contribution in [3.8, 4) is 0 Å². The molecule has 0 spiro atoms. The zero-order chi connectivity index (χ0) is 13.7. The van der Waals surface area contributed by atoms with Crippen LogP contribution in [0.1, 0.15) is 0 Å². The molecule has 0 aliphatic carbocycles. The number of hydrogen-bond acceptors (Lipinski definition) is 7. The van der Waals surface area contributed by atoms with E-state index in [0.29, 0.717) is 18.3 Å². The van der Waals surface area contributed by atoms with Gasteiger partial charge < -0.3 is 10.1 Å². The van der Waals surface area contributed by atoms with Crippen LogP contribution in [0.25, 0.3) is 10.2 Å². The van der Waals surface area contributed by atoms with E-state index in [9.17, 15) is 8.78 Å². The molecule has 0 bridgehead atoms. The van der Waals surface area contributed by atoms with Crippen molar-refractivity contribution in [1.82, 2.24) is 9.97 Å². The van der Waals surface area contributed by atoms with Crippen LogP contribution in [0, 0.1) is 0 Å². The van der Waals surface area contributed by atoms with Gasteiger partial charge in [0.05, 0.1) is 12.0 Å². The molecule has 9 heteroatoms. The van der Waals surface area contributed by atoms with E-state index in [4.69, 9.17) is 10.6 Å². The molecule has 0 unspecified atom stereocenters. The Hall–Kier alpha value is -1.58. The number of nitrogens with zero attached hydrogens (tertiary/aromatic N) is 2. The molecule has 0 saturated heterocycles. The number of hydrazine groups is 1. The first kappa shape index (κ1) is 13.8. The summed E-state index contributed by atoms with van der Waals surface area (Å²) in [5.74, 6) is 6.18. The van der Waals surface area contributed by atoms with E-state index in [1.807, 2.05) is 11.4 Å². The number of fused-ring (bicyclic) bond motifs is 1. The SMILES string of the molecule is NNc1nc(NCCOCC(F)F)c2ccsc2n1. The number of nitrogens with two attached hydrogens (primary N) is 1. The minimum Gasteiger partial charge on any atom is -0.374 e. The molecule has 0 amide bonds. The summed E-state index contributed by atoms with van der Waals surface area (Å²) < 4.78 is 28.5. The third-order valence-electron chi connectivity index (χ3n) is 2.24. The van der Waals surface area contributed by atoms with E-state index in [2.05, 4.69) is 20.7 Å². The zero-order valence-electron chi connectivity index (χ0n) is 9.90. The molecule has 4 N–H and O–H groups in total. The first-order valence-corrected chi connectivity index (χ1v) is 6.40. The first-order chi connectivity index (χ1) is 9.20. The van der Waals surface area contributed by atoms with Crippen molar-refractivity contribution in [1.29, 1.82) is 0 Å². The average molecular weight is 289 g/mol. The molecule has 0 fully saturated rings. The number of nitrogens with one attached hydrogen (secondary N) is 2. The number of alkyl halides is 2. The Balaban J connectivity index is 1.97. The molecule has 0 aliphatic heterocycles. The number of halogens is 2. The number of nitrogen functional groups attached to an aromatic ring is 1. The summed E-state index contributed by atoms with van der Waals surface area (Å²) in [5.41, 5.74) is 2.38. The lowest BCUT2D eigenvalue weighted by atomic mass is 10.4. The second-order valence-electron chi connectivity index (χ2n) is 3.57. The highest BCUT2D eigenvalue weighted by Gasteiger charge is 2.08. The van der Waals surface area contributed by atoms with Gasteiger partial charge in [-0.05, 0) is 11.4 Å². The molecule has 0 saturated carbocycles. The van der Waals surface area contributed by atoms with Gasteiger partial charge in [-0.25, -0.2) is 19.6 Å². The number of anilines is 2. The van der Waals surface area contributed by atoms with Crippen LogP contribution in [-0.4, -0.2) is 36.2 Å². The summed E-state index contributed by atoms with van der Waals surface area (Å²) in [6, 6.07) is 1.88. The van der Waals surface area contributed by atoms with E-state index >= 15 is 0 Å². The fraction of sp³-hybridized carbons (Fsp3) is 0.400. The Morgan fingerprint density at radius 3 is 3.00 bits per heavy atom. The lowest BCUT2D eigenvalue weighted by Gasteiger charge is -2.08. The van der Waals surface area contributed by atoms with Gasteiger partial charge in [0.2, 0.25) is 5.95 Å². The number of aromatic nitrogens is 2. The maximum Gasteiger partial charge on any atom is 0.261 e. The third kappa shape index (κ3) is 3.69. The van der Waals surface area contributed by atoms with Gasteiger partial charge in [0.25, 0.3) is 6.43 Å². The van der Waals surface area contributed by atoms with Crippen LogP contribution in [0.2, 0.25) is 0 Å². The molecular formula is C10H13F2N5OS. The van der Waals surface area contributed by atoms with Crippen molar-refractivity contribution in [2.45, 2.75) is 6.43 Å². The molecule has 2 heterocycles. The maximum absolute atomic E-state index is 11.9. The summed E-state index contributed by atoms with van der Waals surface area (Å²) in [5, 5.41) is 5.76. The lowest BCUT2D eigenvalue weighted by Crippen LogP contribution is -2.15. The highest BCUT2D eigenvalue weighted by molar-refractivity contribution is 7.16. The number of hydrogen-bond donors (Lipinski definition) is 3. The summed E-state index contributed by atoms with van der Waals surface area (Å²) in [7, 11) is 0. The van der Waals surface area contributed by atoms with Gasteiger partial charge in [0.1, 0.15) is 17.3 Å². The van der Waals surface area contributed by atoms with Gasteiger partial charge in [-0.1, -0.05) is 0 Å². The molecule has 104 valence electrons. The summed E-state index contributed by atoms with van der Waals surface area (Å²) in [6.07, 6.45) is -2.45. The van der Waals surface area contributed by atoms with Gasteiger partial charge in [-0.15, -0.1) is 11.3 Å². The van der Waals surface area contributed by atoms with Crippen LogP contribution >= 0.6 is 11.3 Å². The van der Waals surface area contributed by atoms with Gasteiger partial charge >= 0.3 is 0 Å². The number of rotatable bonds is 7. The molecule has 0 aliphatic rings. The standard InChI is InChI=1S/C10H13F2N5OS/c11-7(12)5-18-3-2-14-8-6-1-4-19-9(6)16-10(15-8)17-13/h1,4,7H,2-3,5,13H2,(H2,14,15,16,17). The van der Waals surface area contributed by atoms with Crippen molar-refractivity contribution in [3.05, 3.63) is 11.4 Å². The second kappa shape index (κ2) is 6.55. The Kier molecular flexibility index (Phi) is 4.77. The van der Waals surface area contributed by atoms with E-state index in [0.717, 1.165) is 10.2 Å². The van der Waals surface area contributed by atoms with Crippen LogP contribution in [0.4, 0.5) is 20.5 Å². The van der Waals surface area contributed by atoms with Gasteiger partial charge in [0.15, 0.2) is 0 Å². The molecule has 2 aromatic heterocycles. The van der Waals surface area contributed by atoms with Crippen molar-refractivity contribution >= 4 is 33.3 Å². The molecule has 0 radical (unpaired) electrons. The number of thiophene rings is 1. The largest absolute Gasteiger partial charge is 0.374 e. The molecule has 19 heavy (non-hydrogen) atoms. The fourth-order valence-electron chi connectivity index (χ4n) is 1.47. The van der Waals surface area contributed by atoms with Gasteiger partial charge in [-0.3, -0.25) is 5.43 Å². The lowest BCUT2D eigenvalue weighted by molar-refractivity contribution is 0.0215. The van der Waals surface area contributed by atoms with Crippen LogP contribution < -0.4 is 16.6 Å². The normalized spacial score (nSPS) is 11.2. The summed E-state index contributed by atoms with van der Waals surface area (Å²) in [4.78, 5) is 9.14. The Bertz CT molecular complexity index is 536. The monoisotopic (exact) mass is 289 g/mol. The van der Waals surface area contributed by atoms with Crippen molar-refractivity contribution < 1.29 is 13.5 Å². The van der Waals surface area contributed by atoms with Crippen LogP contribution in [0.5, 0.6) is 0 Å². The molecule has 2 aromatic rings. The molecule has 0 aromatic carbocycles. The van der Waals surface area contributed by atoms with E-state index in [1.54, 1.807) is 0 Å². The topological polar surface area (TPSA) is 85.1 Å². The summed E-state index contributed by atoms with van der Waals surface area (Å²) in [6.45, 7) is -0.0149. The Labute approximate surface area is 112 Å². The predicted octanol–water partition coefficient (Wildman–Crippen LogP) is 1.67. The highest BCUT2D eigenvalue weighted by atomic mass is 32.1. The maximum atomic E-state index is 11.9. The van der Waals surface area contributed by atoms with E-state index in [1.165, 1.54) is 11.3 Å². The molecular weight excluding hydrogens is 276 g/mol. The minimum atomic E-state index is -2.45. The first-order valence-electron chi connectivity index (χ1n) is 5.52. The smallest absolute Gasteiger partial charge is 0.261 e. The van der Waals surface area contributed by atoms with Gasteiger partial charge in [0, 0.05) is 6.54 Å². The second-order valence-corrected chi connectivity index (χ2v) is 4.47. The van der Waals surface area contributed by atoms with Crippen LogP contribution in [0.3, 0.4) is 0 Å². The fourth-order valence-corrected chi connectivity index (χ4v) is 2.23. The molecule has 2 rings (SSSR count).